The molecule has 3 aliphatic carbocycles. The smallest absolute Gasteiger partial charge is 0.290 e. The molecule has 4 aromatic rings. The molecule has 0 radical (unpaired) electrons. The van der Waals surface area contributed by atoms with E-state index in [1.807, 2.05) is 0 Å². The Kier molecular flexibility index (Phi) is 12.2. The lowest BCUT2D eigenvalue weighted by Gasteiger charge is -2.09. The molecule has 54 heavy (non-hydrogen) atoms. The standard InChI is InChI=1S/C18H12.3C6H4O5S/c1-2-8-14-13(7-1)15-9-3-4-11-17(15)18-12-6-5-10-16(14)18;3*7-4-1-2-5(8)6(3-4)12(9,10)11/h1-12H;3*1-3H,(H,9,10,11). The zero-order valence-electron chi connectivity index (χ0n) is 27.1. The van der Waals surface area contributed by atoms with Gasteiger partial charge in [0.05, 0.1) is 0 Å². The van der Waals surface area contributed by atoms with Gasteiger partial charge in [-0.2, -0.15) is 25.3 Å². The summed E-state index contributed by atoms with van der Waals surface area (Å²) in [5, 5.41) is 8.04. The Bertz CT molecular complexity index is 2420. The van der Waals surface area contributed by atoms with Crippen molar-refractivity contribution in [2.45, 2.75) is 0 Å². The van der Waals surface area contributed by atoms with E-state index in [0.29, 0.717) is 18.2 Å². The molecule has 3 N–H and O–H groups in total. The highest BCUT2D eigenvalue weighted by molar-refractivity contribution is 7.91. The van der Waals surface area contributed by atoms with Gasteiger partial charge in [-0.3, -0.25) is 42.4 Å². The highest BCUT2D eigenvalue weighted by atomic mass is 32.2. The van der Waals surface area contributed by atoms with Crippen molar-refractivity contribution in [1.82, 2.24) is 0 Å². The van der Waals surface area contributed by atoms with Crippen LogP contribution in [0.1, 0.15) is 0 Å². The Labute approximate surface area is 306 Å². The summed E-state index contributed by atoms with van der Waals surface area (Å²) in [6.07, 6.45) is 6.92. The van der Waals surface area contributed by atoms with Gasteiger partial charge in [-0.05, 0) is 68.8 Å². The van der Waals surface area contributed by atoms with Gasteiger partial charge in [0.2, 0.25) is 0 Å². The van der Waals surface area contributed by atoms with E-state index < -0.39 is 79.8 Å². The Hall–Kier alpha value is -6.15. The van der Waals surface area contributed by atoms with Gasteiger partial charge in [0, 0.05) is 18.2 Å². The van der Waals surface area contributed by atoms with Crippen molar-refractivity contribution >= 4 is 97.4 Å². The molecule has 3 aliphatic rings. The van der Waals surface area contributed by atoms with Crippen LogP contribution in [0.15, 0.2) is 142 Å². The first-order chi connectivity index (χ1) is 25.2. The van der Waals surface area contributed by atoms with E-state index in [1.54, 1.807) is 0 Å². The Balaban J connectivity index is 0.000000164. The second-order valence-corrected chi connectivity index (χ2v) is 15.1. The quantitative estimate of drug-likeness (QED) is 0.152. The summed E-state index contributed by atoms with van der Waals surface area (Å²) in [4.78, 5) is 61.3. The zero-order valence-corrected chi connectivity index (χ0v) is 29.5. The average molecular weight is 793 g/mol. The van der Waals surface area contributed by atoms with E-state index in [0.717, 1.165) is 36.5 Å². The van der Waals surface area contributed by atoms with Crippen LogP contribution in [0.4, 0.5) is 0 Å². The van der Waals surface area contributed by atoms with Gasteiger partial charge in [0.25, 0.3) is 30.4 Å². The maximum absolute atomic E-state index is 10.7. The normalized spacial score (nSPS) is 15.7. The number of carbonyl (C=O) groups is 6. The lowest BCUT2D eigenvalue weighted by atomic mass is 9.95. The fourth-order valence-corrected chi connectivity index (χ4v) is 6.69. The third-order valence-corrected chi connectivity index (χ3v) is 9.86. The number of ketones is 6. The lowest BCUT2D eigenvalue weighted by Crippen LogP contribution is -2.15. The van der Waals surface area contributed by atoms with Crippen LogP contribution in [0, 0.1) is 0 Å². The monoisotopic (exact) mass is 792 g/mol. The van der Waals surface area contributed by atoms with E-state index in [9.17, 15) is 54.0 Å². The van der Waals surface area contributed by atoms with Crippen molar-refractivity contribution in [2.24, 2.45) is 0 Å². The molecular weight excluding hydrogens is 769 g/mol. The number of hydrogen-bond acceptors (Lipinski definition) is 12. The molecule has 0 spiro atoms. The summed E-state index contributed by atoms with van der Waals surface area (Å²) in [5.41, 5.74) is 0. The molecule has 0 aliphatic heterocycles. The topological polar surface area (TPSA) is 266 Å². The van der Waals surface area contributed by atoms with Gasteiger partial charge in [-0.25, -0.2) is 0 Å². The van der Waals surface area contributed by atoms with Gasteiger partial charge in [0.15, 0.2) is 34.7 Å². The molecular formula is C36H24O15S3. The van der Waals surface area contributed by atoms with Crippen LogP contribution < -0.4 is 0 Å². The third-order valence-electron chi connectivity index (χ3n) is 7.23. The summed E-state index contributed by atoms with van der Waals surface area (Å²) >= 11 is 0. The fourth-order valence-electron chi connectivity index (χ4n) is 4.93. The Morgan fingerprint density at radius 1 is 0.315 bits per heavy atom. The fraction of sp³-hybridized carbons (Fsp3) is 0. The van der Waals surface area contributed by atoms with E-state index in [1.165, 1.54) is 32.3 Å². The maximum atomic E-state index is 10.7. The molecule has 0 atom stereocenters. The van der Waals surface area contributed by atoms with Crippen LogP contribution in [0.25, 0.3) is 32.3 Å². The minimum absolute atomic E-state index is 0.581. The van der Waals surface area contributed by atoms with Crippen molar-refractivity contribution in [3.63, 3.8) is 0 Å². The molecule has 0 saturated carbocycles. The maximum Gasteiger partial charge on any atom is 0.298 e. The first-order valence-electron chi connectivity index (χ1n) is 14.8. The lowest BCUT2D eigenvalue weighted by molar-refractivity contribution is -0.114. The summed E-state index contributed by atoms with van der Waals surface area (Å²) in [6, 6.07) is 26.0. The molecule has 276 valence electrons. The van der Waals surface area contributed by atoms with Crippen molar-refractivity contribution in [3.8, 4) is 0 Å². The number of rotatable bonds is 3. The first-order valence-corrected chi connectivity index (χ1v) is 19.2. The Morgan fingerprint density at radius 2 is 0.500 bits per heavy atom. The zero-order chi connectivity index (χ0) is 40.0. The SMILES string of the molecule is O=C1C=CC(=O)C(S(=O)(=O)O)=C1.O=C1C=CC(=O)C(S(=O)(=O)O)=C1.O=C1C=CC(=O)C(S(=O)(=O)O)=C1.c1ccc2c(c1)c1ccccc1c1ccccc21. The van der Waals surface area contributed by atoms with Crippen molar-refractivity contribution < 1.29 is 67.7 Å². The minimum Gasteiger partial charge on any atom is -0.290 e. The predicted octanol–water partition coefficient (Wildman–Crippen LogP) is 3.54. The molecule has 0 bridgehead atoms. The van der Waals surface area contributed by atoms with Crippen molar-refractivity contribution in [2.75, 3.05) is 0 Å². The van der Waals surface area contributed by atoms with Crippen LogP contribution in [-0.4, -0.2) is 73.6 Å². The second kappa shape index (κ2) is 16.3. The Morgan fingerprint density at radius 3 is 0.648 bits per heavy atom. The second-order valence-electron chi connectivity index (χ2n) is 10.9. The van der Waals surface area contributed by atoms with Gasteiger partial charge < -0.3 is 0 Å². The van der Waals surface area contributed by atoms with Gasteiger partial charge in [0.1, 0.15) is 14.7 Å². The molecule has 0 heterocycles. The number of carbonyl (C=O) groups excluding carboxylic acids is 6. The number of allylic oxidation sites excluding steroid dienone is 12. The molecule has 0 fully saturated rings. The van der Waals surface area contributed by atoms with E-state index in [-0.39, 0.29) is 0 Å². The number of benzene rings is 4. The van der Waals surface area contributed by atoms with Crippen molar-refractivity contribution in [3.05, 3.63) is 142 Å². The molecule has 15 nitrogen and oxygen atoms in total. The van der Waals surface area contributed by atoms with Gasteiger partial charge in [-0.1, -0.05) is 72.8 Å². The predicted molar refractivity (Wildman–Crippen MR) is 195 cm³/mol. The van der Waals surface area contributed by atoms with E-state index in [4.69, 9.17) is 13.7 Å². The van der Waals surface area contributed by atoms with Crippen LogP contribution in [0.3, 0.4) is 0 Å². The molecule has 0 unspecified atom stereocenters. The van der Waals surface area contributed by atoms with E-state index in [2.05, 4.69) is 72.8 Å². The third kappa shape index (κ3) is 10.0. The molecule has 0 aromatic heterocycles. The summed E-state index contributed by atoms with van der Waals surface area (Å²) in [5.74, 6) is -4.59. The molecule has 0 amide bonds. The van der Waals surface area contributed by atoms with Crippen LogP contribution in [0.2, 0.25) is 0 Å². The minimum atomic E-state index is -4.57. The number of fused-ring (bicyclic) bond motifs is 6. The highest BCUT2D eigenvalue weighted by Crippen LogP contribution is 2.34. The van der Waals surface area contributed by atoms with Gasteiger partial charge in [-0.15, -0.1) is 0 Å². The summed E-state index contributed by atoms with van der Waals surface area (Å²) < 4.78 is 87.8. The largest absolute Gasteiger partial charge is 0.298 e. The molecule has 0 saturated heterocycles. The molecule has 4 aromatic carbocycles. The number of hydrogen-bond donors (Lipinski definition) is 3. The van der Waals surface area contributed by atoms with Crippen LogP contribution in [-0.2, 0) is 59.1 Å². The van der Waals surface area contributed by atoms with Gasteiger partial charge >= 0.3 is 0 Å². The summed E-state index contributed by atoms with van der Waals surface area (Å²) in [6.45, 7) is 0. The first kappa shape index (κ1) is 40.6. The van der Waals surface area contributed by atoms with Crippen LogP contribution >= 0.6 is 0 Å². The average Bonchev–Trinajstić information content (AvgIpc) is 3.11. The molecule has 7 rings (SSSR count). The van der Waals surface area contributed by atoms with Crippen molar-refractivity contribution in [1.29, 1.82) is 0 Å². The van der Waals surface area contributed by atoms with E-state index >= 15 is 0 Å². The highest BCUT2D eigenvalue weighted by Gasteiger charge is 2.26. The molecule has 18 heteroatoms. The van der Waals surface area contributed by atoms with Crippen LogP contribution in [0.5, 0.6) is 0 Å². The summed E-state index contributed by atoms with van der Waals surface area (Å²) in [7, 11) is -13.7.